The predicted octanol–water partition coefficient (Wildman–Crippen LogP) is 5.65. The fraction of sp³-hybridized carbons (Fsp3) is 0.192. The fourth-order valence-electron chi connectivity index (χ4n) is 4.04. The van der Waals surface area contributed by atoms with E-state index in [1.807, 2.05) is 78.2 Å². The summed E-state index contributed by atoms with van der Waals surface area (Å²) in [5, 5.41) is 15.1. The molecule has 164 valence electrons. The Morgan fingerprint density at radius 3 is 2.44 bits per heavy atom. The van der Waals surface area contributed by atoms with Gasteiger partial charge in [0.1, 0.15) is 11.4 Å². The molecule has 32 heavy (non-hydrogen) atoms. The van der Waals surface area contributed by atoms with Gasteiger partial charge in [0.05, 0.1) is 12.6 Å². The third-order valence-electron chi connectivity index (χ3n) is 5.74. The van der Waals surface area contributed by atoms with Gasteiger partial charge in [0.25, 0.3) is 0 Å². The maximum atomic E-state index is 12.4. The fourth-order valence-corrected chi connectivity index (χ4v) is 4.24. The summed E-state index contributed by atoms with van der Waals surface area (Å²) in [6.45, 7) is 3.44. The molecule has 0 aliphatic rings. The molecule has 6 heteroatoms. The number of aromatic nitrogens is 1. The van der Waals surface area contributed by atoms with Crippen LogP contribution in [0.3, 0.4) is 0 Å². The summed E-state index contributed by atoms with van der Waals surface area (Å²) in [6.07, 6.45) is 0. The van der Waals surface area contributed by atoms with Crippen LogP contribution in [0.2, 0.25) is 5.02 Å². The maximum Gasteiger partial charge on any atom is 0.352 e. The molecule has 0 saturated heterocycles. The first-order chi connectivity index (χ1) is 15.5. The number of benzene rings is 3. The molecule has 1 heterocycles. The molecule has 0 aliphatic carbocycles. The van der Waals surface area contributed by atoms with Gasteiger partial charge >= 0.3 is 5.97 Å². The van der Waals surface area contributed by atoms with Crippen molar-refractivity contribution in [3.8, 4) is 5.75 Å². The summed E-state index contributed by atoms with van der Waals surface area (Å²) in [6, 6.07) is 21.4. The third-order valence-corrected chi connectivity index (χ3v) is 6.11. The first-order valence-corrected chi connectivity index (χ1v) is 10.8. The van der Waals surface area contributed by atoms with Crippen LogP contribution < -0.4 is 10.1 Å². The van der Waals surface area contributed by atoms with Crippen molar-refractivity contribution in [3.05, 3.63) is 99.7 Å². The first kappa shape index (κ1) is 21.9. The van der Waals surface area contributed by atoms with Crippen molar-refractivity contribution in [2.45, 2.75) is 26.6 Å². The number of hydrogen-bond donors (Lipinski definition) is 2. The van der Waals surface area contributed by atoms with Crippen LogP contribution in [0.4, 0.5) is 0 Å². The smallest absolute Gasteiger partial charge is 0.352 e. The zero-order valence-corrected chi connectivity index (χ0v) is 18.8. The number of rotatable bonds is 8. The minimum atomic E-state index is -0.955. The number of carbonyl (C=O) groups is 1. The van der Waals surface area contributed by atoms with Crippen LogP contribution in [0, 0.1) is 6.92 Å². The molecule has 0 spiro atoms. The molecule has 4 aromatic rings. The highest BCUT2D eigenvalue weighted by atomic mass is 35.5. The van der Waals surface area contributed by atoms with Gasteiger partial charge in [0, 0.05) is 41.7 Å². The number of ether oxygens (including phenoxy) is 1. The van der Waals surface area contributed by atoms with Crippen molar-refractivity contribution in [1.82, 2.24) is 9.88 Å². The average molecular weight is 449 g/mol. The zero-order chi connectivity index (χ0) is 22.7. The molecule has 3 aromatic carbocycles. The second kappa shape index (κ2) is 9.47. The van der Waals surface area contributed by atoms with Crippen molar-refractivity contribution in [1.29, 1.82) is 0 Å². The van der Waals surface area contributed by atoms with Gasteiger partial charge < -0.3 is 19.7 Å². The van der Waals surface area contributed by atoms with E-state index >= 15 is 0 Å². The summed E-state index contributed by atoms with van der Waals surface area (Å²) in [7, 11) is 1.61. The van der Waals surface area contributed by atoms with E-state index in [0.29, 0.717) is 30.4 Å². The monoisotopic (exact) mass is 448 g/mol. The van der Waals surface area contributed by atoms with Crippen molar-refractivity contribution < 1.29 is 14.6 Å². The Balaban J connectivity index is 1.77. The molecule has 0 amide bonds. The second-order valence-electron chi connectivity index (χ2n) is 7.72. The van der Waals surface area contributed by atoms with E-state index in [9.17, 15) is 9.90 Å². The number of carboxylic acid groups (broad SMARTS) is 1. The minimum absolute atomic E-state index is 0.281. The Labute approximate surface area is 192 Å². The minimum Gasteiger partial charge on any atom is -0.497 e. The van der Waals surface area contributed by atoms with Gasteiger partial charge in [-0.25, -0.2) is 4.79 Å². The van der Waals surface area contributed by atoms with E-state index < -0.39 is 5.97 Å². The number of nitrogens with zero attached hydrogens (tertiary/aromatic N) is 1. The highest BCUT2D eigenvalue weighted by molar-refractivity contribution is 6.31. The largest absolute Gasteiger partial charge is 0.497 e. The van der Waals surface area contributed by atoms with Crippen LogP contribution in [0.5, 0.6) is 5.75 Å². The van der Waals surface area contributed by atoms with Gasteiger partial charge in [0.15, 0.2) is 0 Å². The Morgan fingerprint density at radius 1 is 1.03 bits per heavy atom. The van der Waals surface area contributed by atoms with Gasteiger partial charge in [-0.2, -0.15) is 0 Å². The molecule has 0 aliphatic heterocycles. The van der Waals surface area contributed by atoms with E-state index in [4.69, 9.17) is 16.3 Å². The van der Waals surface area contributed by atoms with E-state index in [0.717, 1.165) is 33.2 Å². The number of halogens is 1. The quantitative estimate of drug-likeness (QED) is 0.365. The lowest BCUT2D eigenvalue weighted by Gasteiger charge is -2.12. The highest BCUT2D eigenvalue weighted by Crippen LogP contribution is 2.31. The van der Waals surface area contributed by atoms with E-state index in [1.165, 1.54) is 0 Å². The lowest BCUT2D eigenvalue weighted by atomic mass is 10.1. The van der Waals surface area contributed by atoms with Crippen LogP contribution in [0.15, 0.2) is 66.7 Å². The van der Waals surface area contributed by atoms with E-state index in [1.54, 1.807) is 7.11 Å². The number of hydrogen-bond acceptors (Lipinski definition) is 3. The van der Waals surface area contributed by atoms with Crippen LogP contribution in [0.1, 0.15) is 32.7 Å². The Hall–Kier alpha value is -3.28. The summed E-state index contributed by atoms with van der Waals surface area (Å²) in [5.41, 5.74) is 5.02. The van der Waals surface area contributed by atoms with E-state index in [2.05, 4.69) is 5.32 Å². The molecule has 0 unspecified atom stereocenters. The van der Waals surface area contributed by atoms with Gasteiger partial charge in [-0.15, -0.1) is 0 Å². The average Bonchev–Trinajstić information content (AvgIpc) is 3.09. The Kier molecular flexibility index (Phi) is 6.49. The van der Waals surface area contributed by atoms with Crippen LogP contribution in [-0.4, -0.2) is 22.8 Å². The second-order valence-corrected chi connectivity index (χ2v) is 8.13. The van der Waals surface area contributed by atoms with Crippen molar-refractivity contribution in [2.75, 3.05) is 7.11 Å². The van der Waals surface area contributed by atoms with Gasteiger partial charge in [-0.3, -0.25) is 0 Å². The molecule has 1 aromatic heterocycles. The molecule has 0 radical (unpaired) electrons. The Bertz CT molecular complexity index is 1280. The Morgan fingerprint density at radius 2 is 1.75 bits per heavy atom. The SMILES string of the molecule is COc1ccc2c(CNCc3ccccc3Cl)c(C(=O)O)n(Cc3ccccc3C)c2c1. The van der Waals surface area contributed by atoms with Gasteiger partial charge in [-0.05, 0) is 41.8 Å². The molecule has 4 rings (SSSR count). The molecule has 5 nitrogen and oxygen atoms in total. The molecule has 0 atom stereocenters. The van der Waals surface area contributed by atoms with Crippen molar-refractivity contribution in [2.24, 2.45) is 0 Å². The molecule has 2 N–H and O–H groups in total. The zero-order valence-electron chi connectivity index (χ0n) is 18.1. The molecular weight excluding hydrogens is 424 g/mol. The van der Waals surface area contributed by atoms with Gasteiger partial charge in [-0.1, -0.05) is 54.1 Å². The number of methoxy groups -OCH3 is 1. The number of nitrogens with one attached hydrogen (secondary N) is 1. The normalized spacial score (nSPS) is 11.1. The van der Waals surface area contributed by atoms with Crippen molar-refractivity contribution in [3.63, 3.8) is 0 Å². The van der Waals surface area contributed by atoms with Crippen LogP contribution >= 0.6 is 11.6 Å². The predicted molar refractivity (Wildman–Crippen MR) is 128 cm³/mol. The molecule has 0 fully saturated rings. The first-order valence-electron chi connectivity index (χ1n) is 10.4. The number of aryl methyl sites for hydroxylation is 1. The third kappa shape index (κ3) is 4.35. The van der Waals surface area contributed by atoms with Gasteiger partial charge in [0.2, 0.25) is 0 Å². The van der Waals surface area contributed by atoms with Crippen LogP contribution in [-0.2, 0) is 19.6 Å². The number of aromatic carboxylic acids is 1. The van der Waals surface area contributed by atoms with Crippen molar-refractivity contribution >= 4 is 28.5 Å². The number of fused-ring (bicyclic) bond motifs is 1. The topological polar surface area (TPSA) is 63.5 Å². The molecule has 0 saturated carbocycles. The lowest BCUT2D eigenvalue weighted by molar-refractivity contribution is 0.0684. The maximum absolute atomic E-state index is 12.4. The molecule has 0 bridgehead atoms. The highest BCUT2D eigenvalue weighted by Gasteiger charge is 2.23. The summed E-state index contributed by atoms with van der Waals surface area (Å²) in [5.74, 6) is -0.267. The molecular formula is C26H25ClN2O3. The standard InChI is InChI=1S/C26H25ClN2O3/c1-17-7-3-4-9-19(17)16-29-24-13-20(32-2)11-12-21(24)22(25(29)26(30)31)15-28-14-18-8-5-6-10-23(18)27/h3-13,28H,14-16H2,1-2H3,(H,30,31). The van der Waals surface area contributed by atoms with E-state index in [-0.39, 0.29) is 5.69 Å². The summed E-state index contributed by atoms with van der Waals surface area (Å²) in [4.78, 5) is 12.4. The van der Waals surface area contributed by atoms with Crippen LogP contribution in [0.25, 0.3) is 10.9 Å². The number of carboxylic acids is 1. The summed E-state index contributed by atoms with van der Waals surface area (Å²) >= 11 is 6.27. The lowest BCUT2D eigenvalue weighted by Crippen LogP contribution is -2.17. The summed E-state index contributed by atoms with van der Waals surface area (Å²) < 4.78 is 7.29.